The van der Waals surface area contributed by atoms with Gasteiger partial charge in [0, 0.05) is 11.4 Å². The summed E-state index contributed by atoms with van der Waals surface area (Å²) >= 11 is 5.23. The van der Waals surface area contributed by atoms with Crippen molar-refractivity contribution in [3.63, 3.8) is 0 Å². The Morgan fingerprint density at radius 2 is 1.55 bits per heavy atom. The normalized spacial score (nSPS) is 9.97. The number of hydrogen-bond donors (Lipinski definition) is 3. The standard InChI is InChI=1S/C23H21N3O4S/c1-29-20-13-6-5-12-19(20)22(28)26-23(31)25-17-9-7-8-16(14-17)24-21(27)15-30-18-10-3-2-4-11-18/h2-14H,15H2,1H3,(H,24,27)(H2,25,26,28,31). The monoisotopic (exact) mass is 435 g/mol. The van der Waals surface area contributed by atoms with Crippen molar-refractivity contribution in [2.45, 2.75) is 0 Å². The molecule has 3 aromatic rings. The first kappa shape index (κ1) is 21.8. The van der Waals surface area contributed by atoms with Crippen molar-refractivity contribution < 1.29 is 19.1 Å². The van der Waals surface area contributed by atoms with Crippen LogP contribution in [0.2, 0.25) is 0 Å². The summed E-state index contributed by atoms with van der Waals surface area (Å²) in [6.45, 7) is -0.116. The molecule has 0 aliphatic carbocycles. The van der Waals surface area contributed by atoms with Gasteiger partial charge in [0.1, 0.15) is 11.5 Å². The lowest BCUT2D eigenvalue weighted by Gasteiger charge is -2.13. The maximum atomic E-state index is 12.4. The number of carbonyl (C=O) groups excluding carboxylic acids is 2. The molecule has 0 aliphatic rings. The zero-order valence-corrected chi connectivity index (χ0v) is 17.6. The van der Waals surface area contributed by atoms with E-state index in [9.17, 15) is 9.59 Å². The Balaban J connectivity index is 1.54. The smallest absolute Gasteiger partial charge is 0.262 e. The first-order valence-electron chi connectivity index (χ1n) is 9.38. The zero-order chi connectivity index (χ0) is 22.1. The number of hydrogen-bond acceptors (Lipinski definition) is 5. The van der Waals surface area contributed by atoms with Crippen molar-refractivity contribution in [2.24, 2.45) is 0 Å². The summed E-state index contributed by atoms with van der Waals surface area (Å²) in [6, 6.07) is 22.9. The predicted octanol–water partition coefficient (Wildman–Crippen LogP) is 3.84. The molecule has 0 unspecified atom stereocenters. The molecule has 0 bridgehead atoms. The van der Waals surface area contributed by atoms with Gasteiger partial charge in [0.2, 0.25) is 0 Å². The van der Waals surface area contributed by atoms with Crippen LogP contribution in [0.1, 0.15) is 10.4 Å². The van der Waals surface area contributed by atoms with E-state index < -0.39 is 5.91 Å². The highest BCUT2D eigenvalue weighted by Gasteiger charge is 2.13. The van der Waals surface area contributed by atoms with Crippen LogP contribution in [0.5, 0.6) is 11.5 Å². The minimum absolute atomic E-state index is 0.116. The number of carbonyl (C=O) groups is 2. The van der Waals surface area contributed by atoms with E-state index in [1.165, 1.54) is 7.11 Å². The quantitative estimate of drug-likeness (QED) is 0.489. The average molecular weight is 436 g/mol. The number of benzene rings is 3. The maximum Gasteiger partial charge on any atom is 0.262 e. The summed E-state index contributed by atoms with van der Waals surface area (Å²) in [5.41, 5.74) is 1.53. The van der Waals surface area contributed by atoms with Crippen molar-refractivity contribution >= 4 is 40.5 Å². The molecular weight excluding hydrogens is 414 g/mol. The highest BCUT2D eigenvalue weighted by Crippen LogP contribution is 2.18. The highest BCUT2D eigenvalue weighted by molar-refractivity contribution is 7.80. The molecule has 3 N–H and O–H groups in total. The van der Waals surface area contributed by atoms with Gasteiger partial charge in [0.15, 0.2) is 11.7 Å². The Bertz CT molecular complexity index is 1070. The number of amides is 2. The lowest BCUT2D eigenvalue weighted by atomic mass is 10.2. The fraction of sp³-hybridized carbons (Fsp3) is 0.0870. The number of ether oxygens (including phenoxy) is 2. The van der Waals surface area contributed by atoms with E-state index in [0.29, 0.717) is 28.4 Å². The van der Waals surface area contributed by atoms with Gasteiger partial charge in [-0.15, -0.1) is 0 Å². The van der Waals surface area contributed by atoms with Gasteiger partial charge in [-0.25, -0.2) is 0 Å². The molecule has 2 amide bonds. The van der Waals surface area contributed by atoms with Crippen molar-refractivity contribution in [2.75, 3.05) is 24.4 Å². The summed E-state index contributed by atoms with van der Waals surface area (Å²) in [5, 5.41) is 8.41. The molecule has 158 valence electrons. The first-order chi connectivity index (χ1) is 15.0. The second-order valence-electron chi connectivity index (χ2n) is 6.34. The zero-order valence-electron chi connectivity index (χ0n) is 16.8. The molecule has 31 heavy (non-hydrogen) atoms. The summed E-state index contributed by atoms with van der Waals surface area (Å²) in [5.74, 6) is 0.375. The Morgan fingerprint density at radius 1 is 0.871 bits per heavy atom. The molecular formula is C23H21N3O4S. The van der Waals surface area contributed by atoms with Crippen molar-refractivity contribution in [3.05, 3.63) is 84.4 Å². The van der Waals surface area contributed by atoms with Gasteiger partial charge in [-0.1, -0.05) is 36.4 Å². The fourth-order valence-electron chi connectivity index (χ4n) is 2.70. The van der Waals surface area contributed by atoms with Crippen molar-refractivity contribution in [3.8, 4) is 11.5 Å². The first-order valence-corrected chi connectivity index (χ1v) is 9.79. The van der Waals surface area contributed by atoms with E-state index in [1.807, 2.05) is 18.2 Å². The van der Waals surface area contributed by atoms with Crippen LogP contribution in [0, 0.1) is 0 Å². The van der Waals surface area contributed by atoms with Crippen LogP contribution in [0.3, 0.4) is 0 Å². The van der Waals surface area contributed by atoms with E-state index in [4.69, 9.17) is 21.7 Å². The predicted molar refractivity (Wildman–Crippen MR) is 124 cm³/mol. The molecule has 0 fully saturated rings. The van der Waals surface area contributed by atoms with E-state index >= 15 is 0 Å². The van der Waals surface area contributed by atoms with Gasteiger partial charge in [-0.3, -0.25) is 14.9 Å². The van der Waals surface area contributed by atoms with Gasteiger partial charge >= 0.3 is 0 Å². The lowest BCUT2D eigenvalue weighted by Crippen LogP contribution is -2.34. The summed E-state index contributed by atoms with van der Waals surface area (Å²) in [6.07, 6.45) is 0. The van der Waals surface area contributed by atoms with Crippen LogP contribution in [-0.2, 0) is 4.79 Å². The molecule has 3 aromatic carbocycles. The van der Waals surface area contributed by atoms with Crippen molar-refractivity contribution in [1.29, 1.82) is 0 Å². The largest absolute Gasteiger partial charge is 0.496 e. The molecule has 0 spiro atoms. The Hall–Kier alpha value is -3.91. The second-order valence-corrected chi connectivity index (χ2v) is 6.75. The molecule has 0 heterocycles. The minimum Gasteiger partial charge on any atom is -0.496 e. The maximum absolute atomic E-state index is 12.4. The average Bonchev–Trinajstić information content (AvgIpc) is 2.78. The van der Waals surface area contributed by atoms with Gasteiger partial charge in [0.25, 0.3) is 11.8 Å². The van der Waals surface area contributed by atoms with Crippen molar-refractivity contribution in [1.82, 2.24) is 5.32 Å². The number of rotatable bonds is 7. The molecule has 0 saturated carbocycles. The lowest BCUT2D eigenvalue weighted by molar-refractivity contribution is -0.118. The van der Waals surface area contributed by atoms with Gasteiger partial charge in [0.05, 0.1) is 12.7 Å². The van der Waals surface area contributed by atoms with E-state index in [2.05, 4.69) is 16.0 Å². The van der Waals surface area contributed by atoms with Crippen LogP contribution in [0.4, 0.5) is 11.4 Å². The van der Waals surface area contributed by atoms with Crippen LogP contribution < -0.4 is 25.4 Å². The SMILES string of the molecule is COc1ccccc1C(=O)NC(=S)Nc1cccc(NC(=O)COc2ccccc2)c1. The number of nitrogens with one attached hydrogen (secondary N) is 3. The molecule has 7 nitrogen and oxygen atoms in total. The third kappa shape index (κ3) is 6.55. The third-order valence-electron chi connectivity index (χ3n) is 4.10. The van der Waals surface area contributed by atoms with Gasteiger partial charge < -0.3 is 20.1 Å². The Labute approximate surface area is 185 Å². The number of methoxy groups -OCH3 is 1. The molecule has 0 saturated heterocycles. The molecule has 8 heteroatoms. The topological polar surface area (TPSA) is 88.7 Å². The van der Waals surface area contributed by atoms with Crippen LogP contribution in [-0.4, -0.2) is 30.6 Å². The van der Waals surface area contributed by atoms with E-state index in [0.717, 1.165) is 0 Å². The van der Waals surface area contributed by atoms with Crippen LogP contribution in [0.25, 0.3) is 0 Å². The number of anilines is 2. The Morgan fingerprint density at radius 3 is 2.29 bits per heavy atom. The van der Waals surface area contributed by atoms with E-state index in [-0.39, 0.29) is 17.6 Å². The second kappa shape index (κ2) is 10.7. The molecule has 0 radical (unpaired) electrons. The highest BCUT2D eigenvalue weighted by atomic mass is 32.1. The molecule has 0 aliphatic heterocycles. The van der Waals surface area contributed by atoms with E-state index in [1.54, 1.807) is 60.7 Å². The van der Waals surface area contributed by atoms with Gasteiger partial charge in [-0.2, -0.15) is 0 Å². The summed E-state index contributed by atoms with van der Waals surface area (Å²) < 4.78 is 10.6. The summed E-state index contributed by atoms with van der Waals surface area (Å²) in [4.78, 5) is 24.6. The van der Waals surface area contributed by atoms with Crippen LogP contribution in [0.15, 0.2) is 78.9 Å². The molecule has 0 atom stereocenters. The summed E-state index contributed by atoms with van der Waals surface area (Å²) in [7, 11) is 1.49. The van der Waals surface area contributed by atoms with Crippen LogP contribution >= 0.6 is 12.2 Å². The van der Waals surface area contributed by atoms with Gasteiger partial charge in [-0.05, 0) is 54.7 Å². The number of para-hydroxylation sites is 2. The number of thiocarbonyl (C=S) groups is 1. The third-order valence-corrected chi connectivity index (χ3v) is 4.30. The fourth-order valence-corrected chi connectivity index (χ4v) is 2.91. The minimum atomic E-state index is -0.391. The Kier molecular flexibility index (Phi) is 7.56. The molecule has 0 aromatic heterocycles. The molecule has 3 rings (SSSR count).